The largest absolute Gasteiger partial charge is 0.507 e. The molecule has 3 aromatic heterocycles. The Labute approximate surface area is 200 Å². The van der Waals surface area contributed by atoms with Crippen molar-refractivity contribution in [3.8, 4) is 56.7 Å². The topological polar surface area (TPSA) is 116 Å². The number of carbonyl (C=O) groups is 1. The van der Waals surface area contributed by atoms with Gasteiger partial charge in [0.15, 0.2) is 0 Å². The molecule has 5 aromatic rings. The van der Waals surface area contributed by atoms with Crippen LogP contribution < -0.4 is 0 Å². The van der Waals surface area contributed by atoms with Crippen molar-refractivity contribution in [2.45, 2.75) is 0 Å². The zero-order chi connectivity index (χ0) is 24.4. The Bertz CT molecular complexity index is 1570. The molecule has 0 aliphatic rings. The van der Waals surface area contributed by atoms with E-state index in [2.05, 4.69) is 9.97 Å². The fourth-order valence-electron chi connectivity index (χ4n) is 3.81. The number of carboxylic acids is 1. The van der Waals surface area contributed by atoms with E-state index in [-0.39, 0.29) is 17.2 Å². The quantitative estimate of drug-likeness (QED) is 0.310. The van der Waals surface area contributed by atoms with E-state index >= 15 is 0 Å². The fraction of sp³-hybridized carbons (Fsp3) is 0. The highest BCUT2D eigenvalue weighted by molar-refractivity contribution is 5.87. The Morgan fingerprint density at radius 2 is 0.971 bits per heavy atom. The molecule has 7 nitrogen and oxygen atoms in total. The third kappa shape index (κ3) is 4.30. The maximum atomic E-state index is 11.3. The highest BCUT2D eigenvalue weighted by atomic mass is 16.4. The van der Waals surface area contributed by atoms with Crippen molar-refractivity contribution in [3.05, 3.63) is 103 Å². The summed E-state index contributed by atoms with van der Waals surface area (Å²) in [5, 5.41) is 30.5. The van der Waals surface area contributed by atoms with Crippen LogP contribution in [0, 0.1) is 0 Å². The van der Waals surface area contributed by atoms with E-state index in [0.29, 0.717) is 45.2 Å². The standard InChI is InChI=1S/C28H19N3O4/c32-26-16-2-1-7-17(26)20-10-4-13-23(29-20)24-14-5-11-21(30-24)18-8-3-9-19(27(18)33)22-12-6-15-25(31-22)28(34)35/h1-16,32-33H,(H,34,35). The fourth-order valence-corrected chi connectivity index (χ4v) is 3.81. The van der Waals surface area contributed by atoms with Gasteiger partial charge in [-0.3, -0.25) is 0 Å². The van der Waals surface area contributed by atoms with E-state index in [1.54, 1.807) is 54.6 Å². The van der Waals surface area contributed by atoms with Gasteiger partial charge >= 0.3 is 5.97 Å². The van der Waals surface area contributed by atoms with Crippen molar-refractivity contribution in [2.75, 3.05) is 0 Å². The van der Waals surface area contributed by atoms with Crippen molar-refractivity contribution < 1.29 is 20.1 Å². The van der Waals surface area contributed by atoms with Crippen LogP contribution in [-0.2, 0) is 0 Å². The second-order valence-corrected chi connectivity index (χ2v) is 7.75. The molecule has 0 saturated carbocycles. The maximum absolute atomic E-state index is 11.3. The van der Waals surface area contributed by atoms with E-state index < -0.39 is 5.97 Å². The number of aromatic hydroxyl groups is 2. The zero-order valence-electron chi connectivity index (χ0n) is 18.3. The number of para-hydroxylation sites is 2. The van der Waals surface area contributed by atoms with Gasteiger partial charge in [0.05, 0.1) is 28.5 Å². The molecule has 0 fully saturated rings. The Hall–Kier alpha value is -5.04. The Kier molecular flexibility index (Phi) is 5.65. The monoisotopic (exact) mass is 461 g/mol. The summed E-state index contributed by atoms with van der Waals surface area (Å²) < 4.78 is 0. The van der Waals surface area contributed by atoms with Crippen LogP contribution in [0.25, 0.3) is 45.2 Å². The summed E-state index contributed by atoms with van der Waals surface area (Å²) in [6.07, 6.45) is 0. The number of aromatic carboxylic acids is 1. The Morgan fingerprint density at radius 1 is 0.514 bits per heavy atom. The highest BCUT2D eigenvalue weighted by Gasteiger charge is 2.15. The van der Waals surface area contributed by atoms with Crippen molar-refractivity contribution in [2.24, 2.45) is 0 Å². The first-order valence-electron chi connectivity index (χ1n) is 10.8. The maximum Gasteiger partial charge on any atom is 0.354 e. The lowest BCUT2D eigenvalue weighted by molar-refractivity contribution is 0.0690. The zero-order valence-corrected chi connectivity index (χ0v) is 18.3. The Morgan fingerprint density at radius 3 is 1.57 bits per heavy atom. The van der Waals surface area contributed by atoms with Gasteiger partial charge in [0.2, 0.25) is 0 Å². The van der Waals surface area contributed by atoms with E-state index in [4.69, 9.17) is 4.98 Å². The molecule has 35 heavy (non-hydrogen) atoms. The average molecular weight is 461 g/mol. The molecule has 0 amide bonds. The molecule has 0 spiro atoms. The van der Waals surface area contributed by atoms with Gasteiger partial charge in [0.1, 0.15) is 17.2 Å². The molecule has 0 bridgehead atoms. The van der Waals surface area contributed by atoms with Gasteiger partial charge in [-0.2, -0.15) is 0 Å². The van der Waals surface area contributed by atoms with Gasteiger partial charge in [-0.1, -0.05) is 36.4 Å². The number of carboxylic acid groups (broad SMARTS) is 1. The minimum Gasteiger partial charge on any atom is -0.507 e. The second kappa shape index (κ2) is 9.07. The molecule has 7 heteroatoms. The second-order valence-electron chi connectivity index (χ2n) is 7.75. The molecular formula is C28H19N3O4. The highest BCUT2D eigenvalue weighted by Crippen LogP contribution is 2.37. The van der Waals surface area contributed by atoms with Gasteiger partial charge in [0.25, 0.3) is 0 Å². The molecule has 0 radical (unpaired) electrons. The molecule has 0 aliphatic carbocycles. The van der Waals surface area contributed by atoms with Crippen LogP contribution in [-0.4, -0.2) is 36.2 Å². The van der Waals surface area contributed by atoms with Crippen molar-refractivity contribution in [3.63, 3.8) is 0 Å². The number of hydrogen-bond donors (Lipinski definition) is 3. The van der Waals surface area contributed by atoms with Crippen LogP contribution in [0.4, 0.5) is 0 Å². The third-order valence-corrected chi connectivity index (χ3v) is 5.50. The lowest BCUT2D eigenvalue weighted by Crippen LogP contribution is -2.00. The Balaban J connectivity index is 1.55. The van der Waals surface area contributed by atoms with Crippen LogP contribution in [0.5, 0.6) is 11.5 Å². The molecule has 3 heterocycles. The van der Waals surface area contributed by atoms with Gasteiger partial charge in [0, 0.05) is 16.7 Å². The van der Waals surface area contributed by atoms with Crippen LogP contribution >= 0.6 is 0 Å². The molecule has 0 unspecified atom stereocenters. The minimum absolute atomic E-state index is 0.0527. The summed E-state index contributed by atoms with van der Waals surface area (Å²) in [6.45, 7) is 0. The molecular weight excluding hydrogens is 442 g/mol. The average Bonchev–Trinajstić information content (AvgIpc) is 2.89. The smallest absolute Gasteiger partial charge is 0.354 e. The lowest BCUT2D eigenvalue weighted by Gasteiger charge is -2.11. The van der Waals surface area contributed by atoms with Gasteiger partial charge in [-0.25, -0.2) is 19.7 Å². The summed E-state index contributed by atoms with van der Waals surface area (Å²) in [5.41, 5.74) is 4.07. The van der Waals surface area contributed by atoms with E-state index in [1.165, 1.54) is 6.07 Å². The van der Waals surface area contributed by atoms with Crippen molar-refractivity contribution in [1.29, 1.82) is 0 Å². The van der Waals surface area contributed by atoms with Crippen LogP contribution in [0.3, 0.4) is 0 Å². The summed E-state index contributed by atoms with van der Waals surface area (Å²) in [7, 11) is 0. The SMILES string of the molecule is O=C(O)c1cccc(-c2cccc(-c3cccc(-c4cccc(-c5ccccc5O)n4)n3)c2O)n1. The summed E-state index contributed by atoms with van der Waals surface area (Å²) in [4.78, 5) is 24.8. The molecule has 0 saturated heterocycles. The summed E-state index contributed by atoms with van der Waals surface area (Å²) in [5.74, 6) is -1.06. The molecule has 5 rings (SSSR count). The minimum atomic E-state index is -1.14. The van der Waals surface area contributed by atoms with E-state index in [1.807, 2.05) is 36.4 Å². The first-order valence-corrected chi connectivity index (χ1v) is 10.8. The first kappa shape index (κ1) is 21.8. The van der Waals surface area contributed by atoms with Crippen molar-refractivity contribution in [1.82, 2.24) is 15.0 Å². The van der Waals surface area contributed by atoms with Crippen LogP contribution in [0.2, 0.25) is 0 Å². The predicted molar refractivity (Wildman–Crippen MR) is 132 cm³/mol. The normalized spacial score (nSPS) is 10.7. The van der Waals surface area contributed by atoms with Gasteiger partial charge in [-0.05, 0) is 60.7 Å². The number of pyridine rings is 3. The summed E-state index contributed by atoms with van der Waals surface area (Å²) in [6, 6.07) is 27.7. The van der Waals surface area contributed by atoms with Crippen LogP contribution in [0.15, 0.2) is 97.1 Å². The molecule has 170 valence electrons. The molecule has 2 aromatic carbocycles. The number of benzene rings is 2. The van der Waals surface area contributed by atoms with Gasteiger partial charge < -0.3 is 15.3 Å². The van der Waals surface area contributed by atoms with Gasteiger partial charge in [-0.15, -0.1) is 0 Å². The third-order valence-electron chi connectivity index (χ3n) is 5.50. The lowest BCUT2D eigenvalue weighted by atomic mass is 10.0. The summed E-state index contributed by atoms with van der Waals surface area (Å²) >= 11 is 0. The first-order chi connectivity index (χ1) is 17.0. The van der Waals surface area contributed by atoms with Crippen molar-refractivity contribution >= 4 is 5.97 Å². The number of phenolic OH excluding ortho intramolecular Hbond substituents is 2. The molecule has 0 aliphatic heterocycles. The number of phenols is 2. The number of rotatable bonds is 5. The number of hydrogen-bond acceptors (Lipinski definition) is 6. The van der Waals surface area contributed by atoms with E-state index in [9.17, 15) is 20.1 Å². The number of nitrogens with zero attached hydrogens (tertiary/aromatic N) is 3. The predicted octanol–water partition coefficient (Wildman–Crippen LogP) is 5.65. The van der Waals surface area contributed by atoms with E-state index in [0.717, 1.165) is 0 Å². The molecule has 3 N–H and O–H groups in total. The number of aromatic nitrogens is 3. The van der Waals surface area contributed by atoms with Crippen LogP contribution in [0.1, 0.15) is 10.5 Å². The molecule has 0 atom stereocenters.